The first kappa shape index (κ1) is 19.2. The first-order valence-corrected chi connectivity index (χ1v) is 10.8. The fraction of sp³-hybridized carbons (Fsp3) is 0.636. The van der Waals surface area contributed by atoms with Crippen LogP contribution in [0.1, 0.15) is 37.7 Å². The van der Waals surface area contributed by atoms with Gasteiger partial charge in [-0.2, -0.15) is 0 Å². The Morgan fingerprint density at radius 2 is 1.93 bits per heavy atom. The lowest BCUT2D eigenvalue weighted by molar-refractivity contribution is -0.117. The number of carbonyl (C=O) groups excluding carboxylic acids is 1. The molecular formula is C22H33N5O. The Labute approximate surface area is 168 Å². The van der Waals surface area contributed by atoms with E-state index in [1.165, 1.54) is 44.3 Å². The number of hydrogen-bond acceptors (Lipinski definition) is 3. The van der Waals surface area contributed by atoms with Gasteiger partial charge in [0.1, 0.15) is 0 Å². The maximum atomic E-state index is 12.9. The monoisotopic (exact) mass is 383 g/mol. The lowest BCUT2D eigenvalue weighted by Gasteiger charge is -2.32. The summed E-state index contributed by atoms with van der Waals surface area (Å²) in [7, 11) is 1.82. The highest BCUT2D eigenvalue weighted by molar-refractivity contribution is 5.98. The number of aliphatic imine (C=N–C) groups is 1. The number of aryl methyl sites for hydroxylation is 1. The SMILES string of the molecule is CN=C(NCC(=O)N1CCCc2ccccc21)N1CCC(N2CCCCC2)C1. The van der Waals surface area contributed by atoms with Crippen LogP contribution in [0.3, 0.4) is 0 Å². The van der Waals surface area contributed by atoms with Crippen molar-refractivity contribution in [3.05, 3.63) is 29.8 Å². The number of para-hydroxylation sites is 1. The molecule has 1 atom stereocenters. The summed E-state index contributed by atoms with van der Waals surface area (Å²) in [6.07, 6.45) is 7.30. The number of fused-ring (bicyclic) bond motifs is 1. The van der Waals surface area contributed by atoms with Gasteiger partial charge in [0.05, 0.1) is 6.54 Å². The number of benzene rings is 1. The summed E-state index contributed by atoms with van der Waals surface area (Å²) in [5, 5.41) is 3.33. The van der Waals surface area contributed by atoms with E-state index in [0.29, 0.717) is 12.6 Å². The summed E-state index contributed by atoms with van der Waals surface area (Å²) in [5.74, 6) is 0.984. The fourth-order valence-electron chi connectivity index (χ4n) is 4.89. The third-order valence-corrected chi connectivity index (χ3v) is 6.39. The minimum Gasteiger partial charge on any atom is -0.347 e. The van der Waals surface area contributed by atoms with E-state index in [2.05, 4.69) is 38.3 Å². The van der Waals surface area contributed by atoms with Crippen molar-refractivity contribution in [2.75, 3.05) is 51.2 Å². The van der Waals surface area contributed by atoms with Crippen molar-refractivity contribution in [1.82, 2.24) is 15.1 Å². The molecule has 3 aliphatic rings. The molecular weight excluding hydrogens is 350 g/mol. The summed E-state index contributed by atoms with van der Waals surface area (Å²) in [4.78, 5) is 24.2. The Bertz CT molecular complexity index is 713. The molecule has 6 nitrogen and oxygen atoms in total. The van der Waals surface area contributed by atoms with Gasteiger partial charge in [-0.25, -0.2) is 0 Å². The van der Waals surface area contributed by atoms with Crippen molar-refractivity contribution in [3.8, 4) is 0 Å². The van der Waals surface area contributed by atoms with Gasteiger partial charge < -0.3 is 15.1 Å². The zero-order valence-electron chi connectivity index (χ0n) is 17.1. The molecule has 0 spiro atoms. The average Bonchev–Trinajstić information content (AvgIpc) is 3.24. The van der Waals surface area contributed by atoms with E-state index in [1.54, 1.807) is 0 Å². The van der Waals surface area contributed by atoms with Crippen LogP contribution in [0.15, 0.2) is 29.3 Å². The van der Waals surface area contributed by atoms with Gasteiger partial charge in [-0.15, -0.1) is 0 Å². The Hall–Kier alpha value is -2.08. The molecule has 0 aromatic heterocycles. The van der Waals surface area contributed by atoms with Crippen LogP contribution in [-0.4, -0.2) is 74.0 Å². The van der Waals surface area contributed by atoms with Crippen LogP contribution < -0.4 is 10.2 Å². The van der Waals surface area contributed by atoms with Gasteiger partial charge in [-0.1, -0.05) is 24.6 Å². The van der Waals surface area contributed by atoms with Crippen LogP contribution in [0.4, 0.5) is 5.69 Å². The lowest BCUT2D eigenvalue weighted by atomic mass is 10.0. The lowest BCUT2D eigenvalue weighted by Crippen LogP contribution is -2.48. The molecule has 0 aliphatic carbocycles. The number of carbonyl (C=O) groups is 1. The molecule has 6 heteroatoms. The van der Waals surface area contributed by atoms with Crippen LogP contribution in [0, 0.1) is 0 Å². The van der Waals surface area contributed by atoms with Gasteiger partial charge in [0.2, 0.25) is 5.91 Å². The van der Waals surface area contributed by atoms with Crippen molar-refractivity contribution in [3.63, 3.8) is 0 Å². The highest BCUT2D eigenvalue weighted by atomic mass is 16.2. The maximum Gasteiger partial charge on any atom is 0.246 e. The third-order valence-electron chi connectivity index (χ3n) is 6.39. The Kier molecular flexibility index (Phi) is 6.15. The van der Waals surface area contributed by atoms with Gasteiger partial charge >= 0.3 is 0 Å². The summed E-state index contributed by atoms with van der Waals surface area (Å²) >= 11 is 0. The third kappa shape index (κ3) is 4.17. The molecule has 1 amide bonds. The van der Waals surface area contributed by atoms with Crippen LogP contribution >= 0.6 is 0 Å². The summed E-state index contributed by atoms with van der Waals surface area (Å²) in [6.45, 7) is 5.60. The second-order valence-electron chi connectivity index (χ2n) is 8.16. The van der Waals surface area contributed by atoms with E-state index >= 15 is 0 Å². The molecule has 1 aromatic carbocycles. The van der Waals surface area contributed by atoms with Gasteiger partial charge in [0.15, 0.2) is 5.96 Å². The molecule has 0 bridgehead atoms. The first-order valence-electron chi connectivity index (χ1n) is 10.8. The Balaban J connectivity index is 1.32. The number of rotatable bonds is 3. The summed E-state index contributed by atoms with van der Waals surface area (Å²) in [5.41, 5.74) is 2.34. The molecule has 2 fully saturated rings. The molecule has 4 rings (SSSR count). The molecule has 0 saturated carbocycles. The number of piperidine rings is 1. The van der Waals surface area contributed by atoms with Gasteiger partial charge in [-0.3, -0.25) is 14.7 Å². The van der Waals surface area contributed by atoms with E-state index in [0.717, 1.165) is 44.1 Å². The van der Waals surface area contributed by atoms with E-state index in [9.17, 15) is 4.79 Å². The van der Waals surface area contributed by atoms with Gasteiger partial charge in [0.25, 0.3) is 0 Å². The number of likely N-dealkylation sites (tertiary alicyclic amines) is 2. The molecule has 3 heterocycles. The van der Waals surface area contributed by atoms with E-state index in [4.69, 9.17) is 0 Å². The summed E-state index contributed by atoms with van der Waals surface area (Å²) in [6, 6.07) is 8.89. The smallest absolute Gasteiger partial charge is 0.246 e. The predicted octanol–water partition coefficient (Wildman–Crippen LogP) is 2.10. The number of guanidine groups is 1. The van der Waals surface area contributed by atoms with Crippen molar-refractivity contribution >= 4 is 17.6 Å². The van der Waals surface area contributed by atoms with Crippen molar-refractivity contribution < 1.29 is 4.79 Å². The zero-order chi connectivity index (χ0) is 19.3. The van der Waals surface area contributed by atoms with Gasteiger partial charge in [0, 0.05) is 38.4 Å². The summed E-state index contributed by atoms with van der Waals surface area (Å²) < 4.78 is 0. The Morgan fingerprint density at radius 1 is 1.11 bits per heavy atom. The molecule has 0 radical (unpaired) electrons. The number of hydrogen-bond donors (Lipinski definition) is 1. The molecule has 1 aromatic rings. The normalized spacial score (nSPS) is 23.6. The molecule has 2 saturated heterocycles. The van der Waals surface area contributed by atoms with E-state index in [1.807, 2.05) is 18.0 Å². The topological polar surface area (TPSA) is 51.2 Å². The highest BCUT2D eigenvalue weighted by Crippen LogP contribution is 2.26. The zero-order valence-corrected chi connectivity index (χ0v) is 17.1. The highest BCUT2D eigenvalue weighted by Gasteiger charge is 2.30. The standard InChI is InChI=1S/C22H33N5O/c1-23-22(26-15-11-19(17-26)25-12-5-2-6-13-25)24-16-21(28)27-14-7-9-18-8-3-4-10-20(18)27/h3-4,8,10,19H,2,5-7,9,11-17H2,1H3,(H,23,24). The maximum absolute atomic E-state index is 12.9. The number of nitrogens with one attached hydrogen (secondary N) is 1. The molecule has 152 valence electrons. The fourth-order valence-corrected chi connectivity index (χ4v) is 4.89. The minimum atomic E-state index is 0.125. The molecule has 28 heavy (non-hydrogen) atoms. The molecule has 1 N–H and O–H groups in total. The average molecular weight is 384 g/mol. The Morgan fingerprint density at radius 3 is 2.75 bits per heavy atom. The first-order chi connectivity index (χ1) is 13.8. The van der Waals surface area contributed by atoms with Crippen molar-refractivity contribution in [1.29, 1.82) is 0 Å². The van der Waals surface area contributed by atoms with Crippen LogP contribution in [0.2, 0.25) is 0 Å². The predicted molar refractivity (Wildman–Crippen MR) is 114 cm³/mol. The molecule has 1 unspecified atom stereocenters. The van der Waals surface area contributed by atoms with E-state index < -0.39 is 0 Å². The number of nitrogens with zero attached hydrogens (tertiary/aromatic N) is 4. The van der Waals surface area contributed by atoms with Crippen LogP contribution in [0.25, 0.3) is 0 Å². The second-order valence-corrected chi connectivity index (χ2v) is 8.16. The minimum absolute atomic E-state index is 0.125. The quantitative estimate of drug-likeness (QED) is 0.642. The second kappa shape index (κ2) is 8.95. The largest absolute Gasteiger partial charge is 0.347 e. The number of amides is 1. The van der Waals surface area contributed by atoms with Crippen molar-refractivity contribution in [2.24, 2.45) is 4.99 Å². The molecule has 3 aliphatic heterocycles. The van der Waals surface area contributed by atoms with Crippen LogP contribution in [-0.2, 0) is 11.2 Å². The van der Waals surface area contributed by atoms with Crippen molar-refractivity contribution in [2.45, 2.75) is 44.6 Å². The van der Waals surface area contributed by atoms with Crippen LogP contribution in [0.5, 0.6) is 0 Å². The number of anilines is 1. The van der Waals surface area contributed by atoms with Gasteiger partial charge in [-0.05, 0) is 56.8 Å². The van der Waals surface area contributed by atoms with E-state index in [-0.39, 0.29) is 5.91 Å².